The fraction of sp³-hybridized carbons (Fsp3) is 0.235. The van der Waals surface area contributed by atoms with Gasteiger partial charge in [0.2, 0.25) is 0 Å². The number of nitrogens with zero attached hydrogens (tertiary/aromatic N) is 2. The number of hydrogen-bond donors (Lipinski definition) is 2. The van der Waals surface area contributed by atoms with Crippen LogP contribution in [0, 0.1) is 5.82 Å². The molecular formula is C17H15FN4O3. The van der Waals surface area contributed by atoms with Gasteiger partial charge < -0.3 is 14.5 Å². The SMILES string of the molecule is O=C(NCc1n[nH]c2c1COCC2)c1ncoc1-c1ccc(F)cc1. The maximum atomic E-state index is 13.1. The summed E-state index contributed by atoms with van der Waals surface area (Å²) in [4.78, 5) is 16.4. The second kappa shape index (κ2) is 6.48. The number of ether oxygens (including phenoxy) is 1. The normalized spacial score (nSPS) is 13.5. The average molecular weight is 342 g/mol. The summed E-state index contributed by atoms with van der Waals surface area (Å²) in [6, 6.07) is 5.67. The molecule has 25 heavy (non-hydrogen) atoms. The van der Waals surface area contributed by atoms with Crippen molar-refractivity contribution in [3.8, 4) is 11.3 Å². The number of aromatic nitrogens is 3. The van der Waals surface area contributed by atoms with Crippen molar-refractivity contribution < 1.29 is 18.3 Å². The van der Waals surface area contributed by atoms with Gasteiger partial charge in [0.1, 0.15) is 5.82 Å². The molecule has 0 bridgehead atoms. The monoisotopic (exact) mass is 342 g/mol. The van der Waals surface area contributed by atoms with Gasteiger partial charge in [0.25, 0.3) is 5.91 Å². The van der Waals surface area contributed by atoms with Crippen molar-refractivity contribution in [1.82, 2.24) is 20.5 Å². The van der Waals surface area contributed by atoms with Gasteiger partial charge in [-0.1, -0.05) is 0 Å². The number of carbonyl (C=O) groups excluding carboxylic acids is 1. The summed E-state index contributed by atoms with van der Waals surface area (Å²) in [5, 5.41) is 10.00. The van der Waals surface area contributed by atoms with E-state index in [-0.39, 0.29) is 24.0 Å². The molecule has 0 aliphatic carbocycles. The van der Waals surface area contributed by atoms with Crippen molar-refractivity contribution in [3.05, 3.63) is 59.1 Å². The quantitative estimate of drug-likeness (QED) is 0.758. The summed E-state index contributed by atoms with van der Waals surface area (Å²) < 4.78 is 23.8. The van der Waals surface area contributed by atoms with Gasteiger partial charge in [0.05, 0.1) is 25.5 Å². The molecule has 3 aromatic rings. The van der Waals surface area contributed by atoms with Crippen LogP contribution >= 0.6 is 0 Å². The zero-order valence-corrected chi connectivity index (χ0v) is 13.2. The fourth-order valence-electron chi connectivity index (χ4n) is 2.78. The van der Waals surface area contributed by atoms with Crippen LogP contribution in [0.1, 0.15) is 27.4 Å². The van der Waals surface area contributed by atoms with E-state index in [1.807, 2.05) is 0 Å². The maximum Gasteiger partial charge on any atom is 0.274 e. The molecule has 2 aromatic heterocycles. The molecule has 7 nitrogen and oxygen atoms in total. The van der Waals surface area contributed by atoms with Gasteiger partial charge >= 0.3 is 0 Å². The number of carbonyl (C=O) groups is 1. The number of H-pyrrole nitrogens is 1. The summed E-state index contributed by atoms with van der Waals surface area (Å²) in [5.74, 6) is -0.453. The third-order valence-corrected chi connectivity index (χ3v) is 4.09. The van der Waals surface area contributed by atoms with E-state index in [2.05, 4.69) is 20.5 Å². The molecule has 1 aliphatic rings. The highest BCUT2D eigenvalue weighted by atomic mass is 19.1. The molecule has 0 saturated carbocycles. The van der Waals surface area contributed by atoms with Crippen molar-refractivity contribution >= 4 is 5.91 Å². The van der Waals surface area contributed by atoms with Crippen molar-refractivity contribution in [1.29, 1.82) is 0 Å². The van der Waals surface area contributed by atoms with Crippen LogP contribution in [0.5, 0.6) is 0 Å². The van der Waals surface area contributed by atoms with Crippen molar-refractivity contribution in [2.24, 2.45) is 0 Å². The lowest BCUT2D eigenvalue weighted by Crippen LogP contribution is -2.24. The van der Waals surface area contributed by atoms with Gasteiger partial charge in [-0.2, -0.15) is 5.10 Å². The number of nitrogens with one attached hydrogen (secondary N) is 2. The van der Waals surface area contributed by atoms with Crippen LogP contribution in [0.25, 0.3) is 11.3 Å². The highest BCUT2D eigenvalue weighted by molar-refractivity contribution is 5.97. The molecule has 1 aliphatic heterocycles. The van der Waals surface area contributed by atoms with Crippen molar-refractivity contribution in [2.75, 3.05) is 6.61 Å². The first-order valence-electron chi connectivity index (χ1n) is 7.82. The van der Waals surface area contributed by atoms with Crippen molar-refractivity contribution in [2.45, 2.75) is 19.6 Å². The summed E-state index contributed by atoms with van der Waals surface area (Å²) in [6.07, 6.45) is 1.98. The smallest absolute Gasteiger partial charge is 0.274 e. The number of hydrogen-bond acceptors (Lipinski definition) is 5. The third kappa shape index (κ3) is 3.03. The molecule has 8 heteroatoms. The van der Waals surface area contributed by atoms with E-state index >= 15 is 0 Å². The molecule has 1 aromatic carbocycles. The minimum absolute atomic E-state index is 0.146. The molecule has 0 spiro atoms. The van der Waals surface area contributed by atoms with E-state index in [1.54, 1.807) is 0 Å². The number of rotatable bonds is 4. The number of amides is 1. The number of aromatic amines is 1. The van der Waals surface area contributed by atoms with Crippen LogP contribution in [0.4, 0.5) is 4.39 Å². The van der Waals surface area contributed by atoms with Gasteiger partial charge in [0, 0.05) is 23.2 Å². The van der Waals surface area contributed by atoms with Gasteiger partial charge in [-0.25, -0.2) is 9.37 Å². The molecule has 0 atom stereocenters. The van der Waals surface area contributed by atoms with Gasteiger partial charge in [-0.3, -0.25) is 9.89 Å². The molecular weight excluding hydrogens is 327 g/mol. The molecule has 2 N–H and O–H groups in total. The first kappa shape index (κ1) is 15.5. The Balaban J connectivity index is 1.50. The van der Waals surface area contributed by atoms with E-state index < -0.39 is 0 Å². The second-order valence-corrected chi connectivity index (χ2v) is 5.65. The van der Waals surface area contributed by atoms with Crippen LogP contribution < -0.4 is 5.32 Å². The van der Waals surface area contributed by atoms with Gasteiger partial charge in [-0.05, 0) is 24.3 Å². The summed E-state index contributed by atoms with van der Waals surface area (Å²) in [7, 11) is 0. The molecule has 128 valence electrons. The van der Waals surface area contributed by atoms with E-state index in [0.29, 0.717) is 24.5 Å². The largest absolute Gasteiger partial charge is 0.443 e. The topological polar surface area (TPSA) is 93.0 Å². The zero-order valence-electron chi connectivity index (χ0n) is 13.2. The predicted molar refractivity (Wildman–Crippen MR) is 85.0 cm³/mol. The molecule has 0 radical (unpaired) electrons. The summed E-state index contributed by atoms with van der Waals surface area (Å²) in [6.45, 7) is 1.41. The van der Waals surface area contributed by atoms with Crippen LogP contribution in [-0.4, -0.2) is 27.7 Å². The Morgan fingerprint density at radius 2 is 2.16 bits per heavy atom. The Morgan fingerprint density at radius 1 is 1.32 bits per heavy atom. The lowest BCUT2D eigenvalue weighted by atomic mass is 10.1. The van der Waals surface area contributed by atoms with Crippen LogP contribution in [0.15, 0.2) is 35.1 Å². The minimum atomic E-state index is -0.387. The highest BCUT2D eigenvalue weighted by Gasteiger charge is 2.21. The molecule has 0 saturated heterocycles. The Hall–Kier alpha value is -3.00. The van der Waals surface area contributed by atoms with Gasteiger partial charge in [0.15, 0.2) is 17.8 Å². The predicted octanol–water partition coefficient (Wildman–Crippen LogP) is 2.21. The van der Waals surface area contributed by atoms with E-state index in [9.17, 15) is 9.18 Å². The first-order chi connectivity index (χ1) is 12.2. The zero-order chi connectivity index (χ0) is 17.2. The van der Waals surface area contributed by atoms with Crippen LogP contribution in [0.2, 0.25) is 0 Å². The fourth-order valence-corrected chi connectivity index (χ4v) is 2.78. The number of oxazole rings is 1. The highest BCUT2D eigenvalue weighted by Crippen LogP contribution is 2.23. The molecule has 0 unspecified atom stereocenters. The molecule has 0 fully saturated rings. The molecule has 4 rings (SSSR count). The van der Waals surface area contributed by atoms with Crippen LogP contribution in [0.3, 0.4) is 0 Å². The Kier molecular flexibility index (Phi) is 4.02. The van der Waals surface area contributed by atoms with Gasteiger partial charge in [-0.15, -0.1) is 0 Å². The van der Waals surface area contributed by atoms with Crippen molar-refractivity contribution in [3.63, 3.8) is 0 Å². The first-order valence-corrected chi connectivity index (χ1v) is 7.82. The minimum Gasteiger partial charge on any atom is -0.443 e. The Labute approximate surface area is 142 Å². The Morgan fingerprint density at radius 3 is 3.00 bits per heavy atom. The average Bonchev–Trinajstić information content (AvgIpc) is 3.28. The number of benzene rings is 1. The molecule has 3 heterocycles. The summed E-state index contributed by atoms with van der Waals surface area (Å²) >= 11 is 0. The second-order valence-electron chi connectivity index (χ2n) is 5.65. The van der Waals surface area contributed by atoms with Crippen LogP contribution in [-0.2, 0) is 24.3 Å². The lowest BCUT2D eigenvalue weighted by Gasteiger charge is -2.12. The standard InChI is InChI=1S/C17H15FN4O3/c18-11-3-1-10(2-4-11)16-15(20-9-25-16)17(23)19-7-14-12-8-24-6-5-13(12)21-22-14/h1-4,9H,5-8H2,(H,19,23)(H,21,22). The Bertz CT molecular complexity index is 901. The number of halogens is 1. The van der Waals surface area contributed by atoms with E-state index in [0.717, 1.165) is 23.4 Å². The number of fused-ring (bicyclic) bond motifs is 1. The maximum absolute atomic E-state index is 13.1. The molecule has 1 amide bonds. The lowest BCUT2D eigenvalue weighted by molar-refractivity contribution is 0.0943. The third-order valence-electron chi connectivity index (χ3n) is 4.09. The van der Waals surface area contributed by atoms with E-state index in [1.165, 1.54) is 30.7 Å². The van der Waals surface area contributed by atoms with E-state index in [4.69, 9.17) is 9.15 Å². The summed E-state index contributed by atoms with van der Waals surface area (Å²) in [5.41, 5.74) is 3.51.